The van der Waals surface area contributed by atoms with Crippen LogP contribution in [0.1, 0.15) is 23.1 Å². The van der Waals surface area contributed by atoms with E-state index in [0.717, 1.165) is 12.0 Å². The van der Waals surface area contributed by atoms with Crippen molar-refractivity contribution in [2.45, 2.75) is 24.7 Å². The van der Waals surface area contributed by atoms with Crippen LogP contribution < -0.4 is 4.72 Å². The molecule has 0 radical (unpaired) electrons. The monoisotopic (exact) mass is 313 g/mol. The molecule has 4 heteroatoms. The normalized spacial score (nSPS) is 13.8. The van der Waals surface area contributed by atoms with Gasteiger partial charge < -0.3 is 0 Å². The molecule has 2 aromatic rings. The molecule has 0 fully saturated rings. The van der Waals surface area contributed by atoms with Crippen molar-refractivity contribution in [2.75, 3.05) is 6.54 Å². The largest absolute Gasteiger partial charge is 0.240 e. The first-order valence-electron chi connectivity index (χ1n) is 7.40. The Kier molecular flexibility index (Phi) is 4.14. The summed E-state index contributed by atoms with van der Waals surface area (Å²) in [7, 11) is -3.42. The molecule has 0 saturated heterocycles. The summed E-state index contributed by atoms with van der Waals surface area (Å²) in [6.07, 6.45) is 3.84. The zero-order valence-electron chi connectivity index (χ0n) is 12.5. The van der Waals surface area contributed by atoms with Crippen LogP contribution >= 0.6 is 0 Å². The van der Waals surface area contributed by atoms with Gasteiger partial charge >= 0.3 is 0 Å². The van der Waals surface area contributed by atoms with E-state index in [0.29, 0.717) is 17.9 Å². The van der Waals surface area contributed by atoms with Crippen LogP contribution in [0.5, 0.6) is 0 Å². The second-order valence-corrected chi connectivity index (χ2v) is 7.32. The fourth-order valence-electron chi connectivity index (χ4n) is 2.71. The van der Waals surface area contributed by atoms with Crippen molar-refractivity contribution < 1.29 is 8.42 Å². The van der Waals surface area contributed by atoms with Crippen LogP contribution in [0.25, 0.3) is 5.57 Å². The standard InChI is InChI=1S/C18H19NO2S/c1-14-6-10-17(11-7-14)22(20,21)19-13-12-16-9-8-15-4-2-3-5-18(15)16/h2-7,9-11,19H,8,12-13H2,1H3. The predicted octanol–water partition coefficient (Wildman–Crippen LogP) is 3.30. The highest BCUT2D eigenvalue weighted by Gasteiger charge is 2.16. The third-order valence-electron chi connectivity index (χ3n) is 3.95. The summed E-state index contributed by atoms with van der Waals surface area (Å²) in [6, 6.07) is 15.2. The van der Waals surface area contributed by atoms with Gasteiger partial charge in [0, 0.05) is 6.54 Å². The van der Waals surface area contributed by atoms with Crippen LogP contribution in [0.3, 0.4) is 0 Å². The number of nitrogens with one attached hydrogen (secondary N) is 1. The van der Waals surface area contributed by atoms with Crippen LogP contribution in [0.2, 0.25) is 0 Å². The van der Waals surface area contributed by atoms with Gasteiger partial charge in [-0.05, 0) is 48.6 Å². The zero-order valence-corrected chi connectivity index (χ0v) is 13.4. The maximum absolute atomic E-state index is 12.2. The molecule has 22 heavy (non-hydrogen) atoms. The van der Waals surface area contributed by atoms with Gasteiger partial charge in [0.15, 0.2) is 0 Å². The lowest BCUT2D eigenvalue weighted by Crippen LogP contribution is -2.24. The molecule has 0 spiro atoms. The molecule has 3 nitrogen and oxygen atoms in total. The molecule has 0 bridgehead atoms. The van der Waals surface area contributed by atoms with Crippen LogP contribution in [0, 0.1) is 6.92 Å². The topological polar surface area (TPSA) is 46.2 Å². The van der Waals surface area contributed by atoms with E-state index in [9.17, 15) is 8.42 Å². The average Bonchev–Trinajstić information content (AvgIpc) is 2.91. The van der Waals surface area contributed by atoms with Crippen LogP contribution in [-0.4, -0.2) is 15.0 Å². The number of sulfonamides is 1. The van der Waals surface area contributed by atoms with Crippen LogP contribution in [-0.2, 0) is 16.4 Å². The van der Waals surface area contributed by atoms with E-state index in [1.165, 1.54) is 16.7 Å². The van der Waals surface area contributed by atoms with Gasteiger partial charge in [0.1, 0.15) is 0 Å². The Hall–Kier alpha value is -1.91. The molecule has 1 N–H and O–H groups in total. The number of rotatable bonds is 5. The molecular weight excluding hydrogens is 294 g/mol. The van der Waals surface area contributed by atoms with Crippen molar-refractivity contribution in [3.63, 3.8) is 0 Å². The molecule has 3 rings (SSSR count). The van der Waals surface area contributed by atoms with Crippen molar-refractivity contribution in [1.82, 2.24) is 4.72 Å². The van der Waals surface area contributed by atoms with E-state index in [1.54, 1.807) is 12.1 Å². The van der Waals surface area contributed by atoms with Crippen LogP contribution in [0.4, 0.5) is 0 Å². The number of allylic oxidation sites excluding steroid dienone is 1. The molecule has 0 atom stereocenters. The minimum Gasteiger partial charge on any atom is -0.211 e. The molecule has 0 heterocycles. The lowest BCUT2D eigenvalue weighted by molar-refractivity contribution is 0.582. The summed E-state index contributed by atoms with van der Waals surface area (Å²) in [5, 5.41) is 0. The van der Waals surface area contributed by atoms with Gasteiger partial charge in [-0.2, -0.15) is 0 Å². The van der Waals surface area contributed by atoms with Crippen LogP contribution in [0.15, 0.2) is 59.5 Å². The van der Waals surface area contributed by atoms with Gasteiger partial charge in [-0.15, -0.1) is 0 Å². The number of hydrogen-bond acceptors (Lipinski definition) is 2. The molecule has 2 aromatic carbocycles. The first-order chi connectivity index (χ1) is 10.6. The fraction of sp³-hybridized carbons (Fsp3) is 0.222. The van der Waals surface area contributed by atoms with E-state index < -0.39 is 10.0 Å². The van der Waals surface area contributed by atoms with Crippen molar-refractivity contribution in [1.29, 1.82) is 0 Å². The number of aryl methyl sites for hydroxylation is 1. The molecule has 0 unspecified atom stereocenters. The van der Waals surface area contributed by atoms with Gasteiger partial charge in [0.05, 0.1) is 4.90 Å². The summed E-state index contributed by atoms with van der Waals surface area (Å²) >= 11 is 0. The van der Waals surface area contributed by atoms with E-state index in [2.05, 4.69) is 22.9 Å². The Morgan fingerprint density at radius 3 is 2.55 bits per heavy atom. The first kappa shape index (κ1) is 15.0. The van der Waals surface area contributed by atoms with E-state index in [1.807, 2.05) is 31.2 Å². The van der Waals surface area contributed by atoms with Gasteiger partial charge in [-0.25, -0.2) is 13.1 Å². The van der Waals surface area contributed by atoms with E-state index in [-0.39, 0.29) is 0 Å². The Morgan fingerprint density at radius 1 is 1.05 bits per heavy atom. The average molecular weight is 313 g/mol. The van der Waals surface area contributed by atoms with Gasteiger partial charge in [-0.3, -0.25) is 0 Å². The Balaban J connectivity index is 1.63. The molecule has 1 aliphatic carbocycles. The van der Waals surface area contributed by atoms with Gasteiger partial charge in [0.2, 0.25) is 10.0 Å². The molecule has 1 aliphatic rings. The smallest absolute Gasteiger partial charge is 0.211 e. The maximum atomic E-state index is 12.2. The SMILES string of the molecule is Cc1ccc(S(=O)(=O)NCCC2=CCc3ccccc32)cc1. The second kappa shape index (κ2) is 6.07. The molecule has 0 aliphatic heterocycles. The van der Waals surface area contributed by atoms with Crippen molar-refractivity contribution in [2.24, 2.45) is 0 Å². The predicted molar refractivity (Wildman–Crippen MR) is 89.1 cm³/mol. The molecule has 0 saturated carbocycles. The summed E-state index contributed by atoms with van der Waals surface area (Å²) in [5.41, 5.74) is 4.84. The molecule has 0 aromatic heterocycles. The number of hydrogen-bond donors (Lipinski definition) is 1. The van der Waals surface area contributed by atoms with E-state index >= 15 is 0 Å². The summed E-state index contributed by atoms with van der Waals surface area (Å²) in [6.45, 7) is 2.35. The highest BCUT2D eigenvalue weighted by molar-refractivity contribution is 7.89. The minimum atomic E-state index is -3.42. The Morgan fingerprint density at radius 2 is 1.77 bits per heavy atom. The molecule has 114 valence electrons. The molecule has 0 amide bonds. The summed E-state index contributed by atoms with van der Waals surface area (Å²) in [4.78, 5) is 0.318. The third-order valence-corrected chi connectivity index (χ3v) is 5.43. The minimum absolute atomic E-state index is 0.318. The van der Waals surface area contributed by atoms with Crippen molar-refractivity contribution >= 4 is 15.6 Å². The molecular formula is C18H19NO2S. The third kappa shape index (κ3) is 3.13. The lowest BCUT2D eigenvalue weighted by Gasteiger charge is -2.09. The highest BCUT2D eigenvalue weighted by atomic mass is 32.2. The summed E-state index contributed by atoms with van der Waals surface area (Å²) in [5.74, 6) is 0. The van der Waals surface area contributed by atoms with Crippen molar-refractivity contribution in [3.05, 3.63) is 71.3 Å². The first-order valence-corrected chi connectivity index (χ1v) is 8.88. The van der Waals surface area contributed by atoms with Crippen molar-refractivity contribution in [3.8, 4) is 0 Å². The number of benzene rings is 2. The number of fused-ring (bicyclic) bond motifs is 1. The second-order valence-electron chi connectivity index (χ2n) is 5.55. The lowest BCUT2D eigenvalue weighted by atomic mass is 10.0. The Bertz CT molecular complexity index is 805. The maximum Gasteiger partial charge on any atom is 0.240 e. The quantitative estimate of drug-likeness (QED) is 0.920. The zero-order chi connectivity index (χ0) is 15.6. The van der Waals surface area contributed by atoms with Gasteiger partial charge in [0.25, 0.3) is 0 Å². The summed E-state index contributed by atoms with van der Waals surface area (Å²) < 4.78 is 27.1. The Labute approximate surface area is 131 Å². The van der Waals surface area contributed by atoms with Gasteiger partial charge in [-0.1, -0.05) is 48.0 Å². The fourth-order valence-corrected chi connectivity index (χ4v) is 3.74. The van der Waals surface area contributed by atoms with E-state index in [4.69, 9.17) is 0 Å². The highest BCUT2D eigenvalue weighted by Crippen LogP contribution is 2.29.